The Labute approximate surface area is 172 Å². The molecule has 3 rings (SSSR count). The molecular formula is C19H20Cl2N4O3. The summed E-state index contributed by atoms with van der Waals surface area (Å²) in [6, 6.07) is 4.06. The number of carbonyl (C=O) groups excluding carboxylic acids is 2. The van der Waals surface area contributed by atoms with Crippen LogP contribution >= 0.6 is 23.2 Å². The minimum atomic E-state index is -0.754. The maximum atomic E-state index is 12.8. The third-order valence-electron chi connectivity index (χ3n) is 4.48. The predicted octanol–water partition coefficient (Wildman–Crippen LogP) is 4.49. The number of hydrazone groups is 1. The topological polar surface area (TPSA) is 110 Å². The molecule has 0 radical (unpaired) electrons. The molecule has 0 bridgehead atoms. The Kier molecular flexibility index (Phi) is 5.41. The van der Waals surface area contributed by atoms with Crippen LogP contribution in [0.2, 0.25) is 10.0 Å². The highest BCUT2D eigenvalue weighted by atomic mass is 35.5. The van der Waals surface area contributed by atoms with Gasteiger partial charge in [0.25, 0.3) is 5.91 Å². The van der Waals surface area contributed by atoms with Crippen molar-refractivity contribution in [3.8, 4) is 0 Å². The summed E-state index contributed by atoms with van der Waals surface area (Å²) < 4.78 is 5.90. The number of hydrogen-bond acceptors (Lipinski definition) is 4. The van der Waals surface area contributed by atoms with Crippen molar-refractivity contribution in [2.75, 3.05) is 5.32 Å². The number of primary amides is 1. The zero-order valence-corrected chi connectivity index (χ0v) is 17.2. The van der Waals surface area contributed by atoms with Crippen molar-refractivity contribution in [3.63, 3.8) is 0 Å². The summed E-state index contributed by atoms with van der Waals surface area (Å²) in [5, 5.41) is 7.62. The summed E-state index contributed by atoms with van der Waals surface area (Å²) >= 11 is 11.9. The van der Waals surface area contributed by atoms with Crippen LogP contribution in [0.5, 0.6) is 0 Å². The van der Waals surface area contributed by atoms with Gasteiger partial charge in [-0.25, -0.2) is 10.2 Å². The fraction of sp³-hybridized carbons (Fsp3) is 0.316. The second kappa shape index (κ2) is 7.48. The van der Waals surface area contributed by atoms with Crippen LogP contribution in [0.1, 0.15) is 47.7 Å². The smallest absolute Gasteiger partial charge is 0.332 e. The number of nitrogens with two attached hydrogens (primary N) is 1. The number of rotatable bonds is 3. The van der Waals surface area contributed by atoms with E-state index in [9.17, 15) is 9.59 Å². The average Bonchev–Trinajstić information content (AvgIpc) is 2.91. The van der Waals surface area contributed by atoms with Gasteiger partial charge in [-0.15, -0.1) is 0 Å². The van der Waals surface area contributed by atoms with Crippen molar-refractivity contribution in [3.05, 3.63) is 50.9 Å². The highest BCUT2D eigenvalue weighted by molar-refractivity contribution is 6.42. The van der Waals surface area contributed by atoms with Crippen LogP contribution < -0.4 is 16.5 Å². The first-order chi connectivity index (χ1) is 13.1. The fourth-order valence-corrected chi connectivity index (χ4v) is 3.61. The molecular weight excluding hydrogens is 403 g/mol. The molecule has 2 aromatic rings. The summed E-state index contributed by atoms with van der Waals surface area (Å²) in [5.74, 6) is 0.420. The molecule has 1 aromatic carbocycles. The Bertz CT molecular complexity index is 995. The van der Waals surface area contributed by atoms with Crippen molar-refractivity contribution in [1.29, 1.82) is 0 Å². The van der Waals surface area contributed by atoms with Gasteiger partial charge in [0.05, 0.1) is 15.8 Å². The van der Waals surface area contributed by atoms with E-state index >= 15 is 0 Å². The lowest BCUT2D eigenvalue weighted by Gasteiger charge is -2.29. The summed E-state index contributed by atoms with van der Waals surface area (Å²) in [6.07, 6.45) is 1.24. The lowest BCUT2D eigenvalue weighted by Crippen LogP contribution is -2.31. The highest BCUT2D eigenvalue weighted by Crippen LogP contribution is 2.39. The van der Waals surface area contributed by atoms with Crippen LogP contribution in [0.15, 0.2) is 27.7 Å². The average molecular weight is 423 g/mol. The molecule has 0 spiro atoms. The molecule has 1 heterocycles. The largest absolute Gasteiger partial charge is 0.455 e. The van der Waals surface area contributed by atoms with E-state index < -0.39 is 11.9 Å². The number of nitrogens with one attached hydrogen (secondary N) is 2. The van der Waals surface area contributed by atoms with Crippen LogP contribution in [0.3, 0.4) is 0 Å². The van der Waals surface area contributed by atoms with E-state index in [1.807, 2.05) is 0 Å². The summed E-state index contributed by atoms with van der Waals surface area (Å²) in [7, 11) is 0. The van der Waals surface area contributed by atoms with Gasteiger partial charge < -0.3 is 15.5 Å². The number of anilines is 1. The molecule has 0 unspecified atom stereocenters. The second-order valence-electron chi connectivity index (χ2n) is 7.49. The molecule has 1 aliphatic carbocycles. The number of nitrogens with zero attached hydrogens (tertiary/aromatic N) is 1. The van der Waals surface area contributed by atoms with Crippen LogP contribution in [-0.4, -0.2) is 17.6 Å². The van der Waals surface area contributed by atoms with Crippen molar-refractivity contribution in [2.45, 2.75) is 33.6 Å². The molecule has 28 heavy (non-hydrogen) atoms. The monoisotopic (exact) mass is 422 g/mol. The lowest BCUT2D eigenvalue weighted by molar-refractivity contribution is 0.0993. The van der Waals surface area contributed by atoms with E-state index in [-0.39, 0.29) is 11.2 Å². The van der Waals surface area contributed by atoms with Crippen molar-refractivity contribution in [1.82, 2.24) is 5.43 Å². The Morgan fingerprint density at radius 1 is 1.21 bits per heavy atom. The van der Waals surface area contributed by atoms with Crippen LogP contribution in [0, 0.1) is 12.3 Å². The van der Waals surface area contributed by atoms with E-state index in [0.717, 1.165) is 5.56 Å². The SMILES string of the molecule is Cc1c(C(=O)Nc2ccc(Cl)c(Cl)c2)oc2c1/C(=N\NC(N)=O)CC(C)(C)C2. The number of halogens is 2. The number of amides is 3. The molecule has 1 aromatic heterocycles. The normalized spacial score (nSPS) is 16.5. The maximum absolute atomic E-state index is 12.8. The van der Waals surface area contributed by atoms with Gasteiger partial charge in [0.2, 0.25) is 0 Å². The van der Waals surface area contributed by atoms with E-state index in [1.54, 1.807) is 25.1 Å². The number of urea groups is 1. The van der Waals surface area contributed by atoms with Crippen molar-refractivity contribution < 1.29 is 14.0 Å². The Morgan fingerprint density at radius 2 is 1.93 bits per heavy atom. The maximum Gasteiger partial charge on any atom is 0.332 e. The number of benzene rings is 1. The molecule has 0 atom stereocenters. The molecule has 0 fully saturated rings. The number of furan rings is 1. The van der Waals surface area contributed by atoms with Gasteiger partial charge in [-0.1, -0.05) is 37.0 Å². The van der Waals surface area contributed by atoms with Crippen molar-refractivity contribution >= 4 is 46.5 Å². The predicted molar refractivity (Wildman–Crippen MR) is 109 cm³/mol. The van der Waals surface area contributed by atoms with Crippen LogP contribution in [-0.2, 0) is 6.42 Å². The van der Waals surface area contributed by atoms with Gasteiger partial charge in [-0.3, -0.25) is 4.79 Å². The first kappa shape index (κ1) is 20.2. The molecule has 7 nitrogen and oxygen atoms in total. The molecule has 148 valence electrons. The molecule has 9 heteroatoms. The highest BCUT2D eigenvalue weighted by Gasteiger charge is 2.36. The lowest BCUT2D eigenvalue weighted by atomic mass is 9.75. The molecule has 1 aliphatic rings. The Morgan fingerprint density at radius 3 is 2.57 bits per heavy atom. The zero-order valence-electron chi connectivity index (χ0n) is 15.7. The third kappa shape index (κ3) is 4.15. The standard InChI is InChI=1S/C19H20Cl2N4O3/c1-9-15-13(24-25-18(22)27)7-19(2,3)8-14(15)28-16(9)17(26)23-10-4-5-11(20)12(21)6-10/h4-6H,7-8H2,1-3H3,(H,23,26)(H3,22,25,27)/b24-13-. The summed E-state index contributed by atoms with van der Waals surface area (Å²) in [4.78, 5) is 23.8. The number of carbonyl (C=O) groups is 2. The number of fused-ring (bicyclic) bond motifs is 1. The third-order valence-corrected chi connectivity index (χ3v) is 5.22. The van der Waals surface area contributed by atoms with Gasteiger partial charge in [0.15, 0.2) is 5.76 Å². The summed E-state index contributed by atoms with van der Waals surface area (Å²) in [6.45, 7) is 5.90. The Balaban J connectivity index is 1.96. The van der Waals surface area contributed by atoms with Crippen molar-refractivity contribution in [2.24, 2.45) is 16.3 Å². The fourth-order valence-electron chi connectivity index (χ4n) is 3.31. The molecule has 4 N–H and O–H groups in total. The first-order valence-electron chi connectivity index (χ1n) is 8.58. The van der Waals surface area contributed by atoms with Gasteiger partial charge in [0.1, 0.15) is 5.76 Å². The minimum Gasteiger partial charge on any atom is -0.455 e. The van der Waals surface area contributed by atoms with Gasteiger partial charge in [-0.05, 0) is 37.0 Å². The first-order valence-corrected chi connectivity index (χ1v) is 9.34. The van der Waals surface area contributed by atoms with E-state index in [0.29, 0.717) is 45.6 Å². The Hall–Kier alpha value is -2.51. The van der Waals surface area contributed by atoms with Crippen LogP contribution in [0.4, 0.5) is 10.5 Å². The van der Waals surface area contributed by atoms with E-state index in [1.165, 1.54) is 0 Å². The molecule has 0 saturated carbocycles. The number of hydrogen-bond donors (Lipinski definition) is 3. The molecule has 0 saturated heterocycles. The molecule has 0 aliphatic heterocycles. The summed E-state index contributed by atoms with van der Waals surface area (Å²) in [5.41, 5.74) is 9.75. The van der Waals surface area contributed by atoms with E-state index in [2.05, 4.69) is 29.7 Å². The van der Waals surface area contributed by atoms with Gasteiger partial charge >= 0.3 is 6.03 Å². The second-order valence-corrected chi connectivity index (χ2v) is 8.30. The zero-order chi connectivity index (χ0) is 20.6. The van der Waals surface area contributed by atoms with Gasteiger partial charge in [0, 0.05) is 23.2 Å². The minimum absolute atomic E-state index is 0.146. The van der Waals surface area contributed by atoms with Gasteiger partial charge in [-0.2, -0.15) is 5.10 Å². The molecule has 3 amide bonds. The van der Waals surface area contributed by atoms with Crippen LogP contribution in [0.25, 0.3) is 0 Å². The van der Waals surface area contributed by atoms with E-state index in [4.69, 9.17) is 33.4 Å². The quantitative estimate of drug-likeness (QED) is 0.633.